The van der Waals surface area contributed by atoms with E-state index in [2.05, 4.69) is 4.98 Å². The van der Waals surface area contributed by atoms with Crippen molar-refractivity contribution in [1.29, 1.82) is 0 Å². The standard InChI is InChI=1S/C27H25N3O6S2/c1-34-20-9-7-19(8-10-20)18-30(27-28-13-16-37-27)38(32,33)21-11-12-24-25(17-21)36-15-14-29(24)23-6-4-3-5-22(23)26(31)35-2/h3-13,16-17H,14-15,18H2,1-2H3. The molecule has 0 spiro atoms. The summed E-state index contributed by atoms with van der Waals surface area (Å²) in [5, 5.41) is 2.09. The minimum atomic E-state index is -4.00. The van der Waals surface area contributed by atoms with Gasteiger partial charge in [0.25, 0.3) is 10.0 Å². The van der Waals surface area contributed by atoms with Crippen LogP contribution >= 0.6 is 11.3 Å². The van der Waals surface area contributed by atoms with Gasteiger partial charge < -0.3 is 19.1 Å². The summed E-state index contributed by atoms with van der Waals surface area (Å²) in [4.78, 5) is 18.6. The van der Waals surface area contributed by atoms with Crippen LogP contribution in [0.3, 0.4) is 0 Å². The lowest BCUT2D eigenvalue weighted by molar-refractivity contribution is 0.0601. The lowest BCUT2D eigenvalue weighted by atomic mass is 10.1. The number of fused-ring (bicyclic) bond motifs is 1. The Kier molecular flexibility index (Phi) is 7.21. The molecule has 0 aliphatic carbocycles. The maximum Gasteiger partial charge on any atom is 0.339 e. The molecule has 0 fully saturated rings. The molecule has 0 saturated heterocycles. The molecule has 1 aromatic heterocycles. The molecule has 0 saturated carbocycles. The predicted octanol–water partition coefficient (Wildman–Crippen LogP) is 4.86. The van der Waals surface area contributed by atoms with Crippen LogP contribution < -0.4 is 18.7 Å². The molecule has 9 nitrogen and oxygen atoms in total. The molecule has 0 N–H and O–H groups in total. The lowest BCUT2D eigenvalue weighted by Crippen LogP contribution is -2.32. The van der Waals surface area contributed by atoms with Crippen molar-refractivity contribution in [3.05, 3.63) is 89.4 Å². The quantitative estimate of drug-likeness (QED) is 0.286. The average Bonchev–Trinajstić information content (AvgIpc) is 3.49. The van der Waals surface area contributed by atoms with Crippen LogP contribution in [0, 0.1) is 0 Å². The number of hydrogen-bond acceptors (Lipinski definition) is 9. The first kappa shape index (κ1) is 25.6. The zero-order chi connectivity index (χ0) is 26.7. The molecule has 1 aliphatic heterocycles. The van der Waals surface area contributed by atoms with Crippen LogP contribution in [-0.2, 0) is 21.3 Å². The van der Waals surface area contributed by atoms with Gasteiger partial charge in [0, 0.05) is 17.6 Å². The second-order valence-electron chi connectivity index (χ2n) is 8.31. The van der Waals surface area contributed by atoms with E-state index >= 15 is 0 Å². The number of aromatic nitrogens is 1. The number of para-hydroxylation sites is 1. The van der Waals surface area contributed by atoms with Crippen molar-refractivity contribution in [2.75, 3.05) is 36.6 Å². The van der Waals surface area contributed by atoms with Crippen molar-refractivity contribution >= 4 is 43.8 Å². The van der Waals surface area contributed by atoms with Gasteiger partial charge in [0.1, 0.15) is 18.1 Å². The summed E-state index contributed by atoms with van der Waals surface area (Å²) in [6.07, 6.45) is 1.57. The third kappa shape index (κ3) is 4.90. The highest BCUT2D eigenvalue weighted by atomic mass is 32.2. The van der Waals surface area contributed by atoms with Crippen molar-refractivity contribution in [3.63, 3.8) is 0 Å². The van der Waals surface area contributed by atoms with Crippen molar-refractivity contribution in [1.82, 2.24) is 4.98 Å². The molecular formula is C27H25N3O6S2. The summed E-state index contributed by atoms with van der Waals surface area (Å²) >= 11 is 1.24. The van der Waals surface area contributed by atoms with Gasteiger partial charge in [-0.1, -0.05) is 24.3 Å². The van der Waals surface area contributed by atoms with E-state index in [0.717, 1.165) is 5.56 Å². The fraction of sp³-hybridized carbons (Fsp3) is 0.185. The zero-order valence-corrected chi connectivity index (χ0v) is 22.4. The number of methoxy groups -OCH3 is 2. The number of anilines is 3. The van der Waals surface area contributed by atoms with Crippen LogP contribution in [0.1, 0.15) is 15.9 Å². The Morgan fingerprint density at radius 1 is 1.08 bits per heavy atom. The Morgan fingerprint density at radius 2 is 1.87 bits per heavy atom. The van der Waals surface area contributed by atoms with Crippen LogP contribution in [0.5, 0.6) is 11.5 Å². The first-order chi connectivity index (χ1) is 18.4. The van der Waals surface area contributed by atoms with Gasteiger partial charge in [-0.3, -0.25) is 0 Å². The third-order valence-electron chi connectivity index (χ3n) is 6.10. The van der Waals surface area contributed by atoms with Crippen LogP contribution in [0.25, 0.3) is 0 Å². The summed E-state index contributed by atoms with van der Waals surface area (Å²) in [6, 6.07) is 19.1. The summed E-state index contributed by atoms with van der Waals surface area (Å²) in [6.45, 7) is 0.889. The second kappa shape index (κ2) is 10.7. The Balaban J connectivity index is 1.51. The molecule has 0 unspecified atom stereocenters. The van der Waals surface area contributed by atoms with Crippen LogP contribution in [-0.4, -0.2) is 46.7 Å². The average molecular weight is 552 g/mol. The number of ether oxygens (including phenoxy) is 3. The van der Waals surface area contributed by atoms with Gasteiger partial charge >= 0.3 is 5.97 Å². The molecule has 196 valence electrons. The molecule has 11 heteroatoms. The maximum atomic E-state index is 13.9. The summed E-state index contributed by atoms with van der Waals surface area (Å²) in [5.41, 5.74) is 2.50. The Labute approximate surface area is 224 Å². The first-order valence-corrected chi connectivity index (χ1v) is 14.0. The lowest BCUT2D eigenvalue weighted by Gasteiger charge is -2.32. The van der Waals surface area contributed by atoms with E-state index in [0.29, 0.717) is 46.7 Å². The normalized spacial score (nSPS) is 12.8. The monoisotopic (exact) mass is 551 g/mol. The van der Waals surface area contributed by atoms with E-state index in [4.69, 9.17) is 14.2 Å². The van der Waals surface area contributed by atoms with E-state index in [1.807, 2.05) is 29.2 Å². The zero-order valence-electron chi connectivity index (χ0n) is 20.7. The minimum absolute atomic E-state index is 0.0723. The molecule has 4 aromatic rings. The second-order valence-corrected chi connectivity index (χ2v) is 11.0. The van der Waals surface area contributed by atoms with Crippen molar-refractivity contribution in [2.45, 2.75) is 11.4 Å². The molecule has 0 radical (unpaired) electrons. The van der Waals surface area contributed by atoms with E-state index in [1.54, 1.807) is 55.1 Å². The molecule has 2 heterocycles. The van der Waals surface area contributed by atoms with Gasteiger partial charge in [-0.15, -0.1) is 11.3 Å². The van der Waals surface area contributed by atoms with Crippen LogP contribution in [0.15, 0.2) is 83.2 Å². The molecular weight excluding hydrogens is 526 g/mol. The van der Waals surface area contributed by atoms with Gasteiger partial charge in [-0.25, -0.2) is 22.5 Å². The summed E-state index contributed by atoms with van der Waals surface area (Å²) < 4.78 is 45.2. The topological polar surface area (TPSA) is 98.3 Å². The maximum absolute atomic E-state index is 13.9. The van der Waals surface area contributed by atoms with Crippen molar-refractivity contribution < 1.29 is 27.4 Å². The number of nitrogens with zero attached hydrogens (tertiary/aromatic N) is 3. The highest BCUT2D eigenvalue weighted by Gasteiger charge is 2.30. The Morgan fingerprint density at radius 3 is 2.58 bits per heavy atom. The van der Waals surface area contributed by atoms with Crippen LogP contribution in [0.2, 0.25) is 0 Å². The van der Waals surface area contributed by atoms with Gasteiger partial charge in [-0.05, 0) is 42.0 Å². The number of hydrogen-bond donors (Lipinski definition) is 0. The minimum Gasteiger partial charge on any atom is -0.497 e. The molecule has 0 bridgehead atoms. The van der Waals surface area contributed by atoms with E-state index in [1.165, 1.54) is 28.8 Å². The SMILES string of the molecule is COC(=O)c1ccccc1N1CCOc2cc(S(=O)(=O)N(Cc3ccc(OC)cc3)c3nccs3)ccc21. The number of sulfonamides is 1. The Bertz CT molecular complexity index is 1540. The molecule has 0 amide bonds. The number of benzene rings is 3. The van der Waals surface area contributed by atoms with E-state index in [-0.39, 0.29) is 11.4 Å². The summed E-state index contributed by atoms with van der Waals surface area (Å²) in [7, 11) is -1.09. The van der Waals surface area contributed by atoms with Gasteiger partial charge in [0.2, 0.25) is 0 Å². The number of carbonyl (C=O) groups is 1. The molecule has 3 aromatic carbocycles. The fourth-order valence-electron chi connectivity index (χ4n) is 4.22. The summed E-state index contributed by atoms with van der Waals surface area (Å²) in [5.74, 6) is 0.633. The Hall–Kier alpha value is -4.09. The van der Waals surface area contributed by atoms with Crippen molar-refractivity contribution in [3.8, 4) is 11.5 Å². The smallest absolute Gasteiger partial charge is 0.339 e. The molecule has 0 atom stereocenters. The van der Waals surface area contributed by atoms with E-state index < -0.39 is 16.0 Å². The van der Waals surface area contributed by atoms with E-state index in [9.17, 15) is 13.2 Å². The predicted molar refractivity (Wildman–Crippen MR) is 145 cm³/mol. The fourth-order valence-corrected chi connectivity index (χ4v) is 6.51. The first-order valence-electron chi connectivity index (χ1n) is 11.7. The molecule has 38 heavy (non-hydrogen) atoms. The van der Waals surface area contributed by atoms with Crippen LogP contribution in [0.4, 0.5) is 16.5 Å². The number of thiazole rings is 1. The van der Waals surface area contributed by atoms with Crippen molar-refractivity contribution in [2.24, 2.45) is 0 Å². The highest BCUT2D eigenvalue weighted by molar-refractivity contribution is 7.93. The van der Waals surface area contributed by atoms with Gasteiger partial charge in [-0.2, -0.15) is 0 Å². The molecule has 1 aliphatic rings. The number of carbonyl (C=O) groups excluding carboxylic acids is 1. The van der Waals surface area contributed by atoms with Gasteiger partial charge in [0.15, 0.2) is 5.13 Å². The van der Waals surface area contributed by atoms with Gasteiger partial charge in [0.05, 0.1) is 49.1 Å². The molecule has 5 rings (SSSR count). The number of esters is 1. The highest BCUT2D eigenvalue weighted by Crippen LogP contribution is 2.40. The number of rotatable bonds is 8. The largest absolute Gasteiger partial charge is 0.497 e. The third-order valence-corrected chi connectivity index (χ3v) is 8.74.